The molecule has 116 valence electrons. The summed E-state index contributed by atoms with van der Waals surface area (Å²) < 4.78 is 4.96. The van der Waals surface area contributed by atoms with E-state index >= 15 is 0 Å². The molecule has 0 aliphatic rings. The highest BCUT2D eigenvalue weighted by atomic mass is 16.5. The molecule has 0 saturated heterocycles. The smallest absolute Gasteiger partial charge is 0.0791 e. The number of aliphatic hydroxyl groups is 1. The van der Waals surface area contributed by atoms with Crippen LogP contribution in [0.2, 0.25) is 0 Å². The molecule has 0 rings (SSSR count). The fourth-order valence-electron chi connectivity index (χ4n) is 1.92. The molecular formula is C14H33N3O2. The van der Waals surface area contributed by atoms with Gasteiger partial charge in [0.2, 0.25) is 0 Å². The molecule has 1 atom stereocenters. The van der Waals surface area contributed by atoms with Gasteiger partial charge < -0.3 is 20.1 Å². The molecule has 0 aliphatic heterocycles. The second-order valence-corrected chi connectivity index (χ2v) is 5.81. The highest BCUT2D eigenvalue weighted by Crippen LogP contribution is 2.00. The van der Waals surface area contributed by atoms with Crippen LogP contribution in [0, 0.1) is 5.92 Å². The Morgan fingerprint density at radius 1 is 1.16 bits per heavy atom. The van der Waals surface area contributed by atoms with E-state index in [4.69, 9.17) is 4.74 Å². The van der Waals surface area contributed by atoms with Crippen LogP contribution in [-0.4, -0.2) is 88.1 Å². The van der Waals surface area contributed by atoms with Gasteiger partial charge in [0.15, 0.2) is 0 Å². The Labute approximate surface area is 118 Å². The van der Waals surface area contributed by atoms with Crippen molar-refractivity contribution in [2.24, 2.45) is 5.92 Å². The first-order valence-electron chi connectivity index (χ1n) is 7.20. The summed E-state index contributed by atoms with van der Waals surface area (Å²) in [5.74, 6) is 0.621. The average molecular weight is 275 g/mol. The van der Waals surface area contributed by atoms with Crippen molar-refractivity contribution in [2.75, 3.05) is 67.1 Å². The van der Waals surface area contributed by atoms with Crippen molar-refractivity contribution in [1.82, 2.24) is 15.1 Å². The summed E-state index contributed by atoms with van der Waals surface area (Å²) >= 11 is 0. The van der Waals surface area contributed by atoms with Crippen LogP contribution in [0.4, 0.5) is 0 Å². The summed E-state index contributed by atoms with van der Waals surface area (Å²) in [6.45, 7) is 10.3. The largest absolute Gasteiger partial charge is 0.390 e. The molecule has 0 aromatic heterocycles. The Morgan fingerprint density at radius 3 is 2.37 bits per heavy atom. The van der Waals surface area contributed by atoms with Crippen molar-refractivity contribution in [1.29, 1.82) is 0 Å². The van der Waals surface area contributed by atoms with Gasteiger partial charge in [-0.1, -0.05) is 13.8 Å². The Bertz CT molecular complexity index is 201. The molecule has 5 heteroatoms. The molecule has 0 bridgehead atoms. The van der Waals surface area contributed by atoms with Gasteiger partial charge in [0, 0.05) is 46.4 Å². The van der Waals surface area contributed by atoms with Gasteiger partial charge in [-0.05, 0) is 20.0 Å². The van der Waals surface area contributed by atoms with E-state index in [1.807, 2.05) is 0 Å². The Hall–Kier alpha value is -0.200. The maximum absolute atomic E-state index is 10.0. The van der Waals surface area contributed by atoms with E-state index in [0.717, 1.165) is 32.7 Å². The molecule has 0 heterocycles. The second kappa shape index (κ2) is 11.6. The number of rotatable bonds is 12. The van der Waals surface area contributed by atoms with Crippen LogP contribution in [0.15, 0.2) is 0 Å². The number of hydrogen-bond acceptors (Lipinski definition) is 5. The lowest BCUT2D eigenvalue weighted by Gasteiger charge is -2.28. The molecule has 1 unspecified atom stereocenters. The van der Waals surface area contributed by atoms with E-state index in [-0.39, 0.29) is 6.10 Å². The predicted octanol–water partition coefficient (Wildman–Crippen LogP) is 0.103. The third-order valence-corrected chi connectivity index (χ3v) is 2.82. The van der Waals surface area contributed by atoms with Crippen LogP contribution in [-0.2, 0) is 4.74 Å². The number of likely N-dealkylation sites (N-methyl/N-ethyl adjacent to an activating group) is 1. The van der Waals surface area contributed by atoms with Gasteiger partial charge in [0.25, 0.3) is 0 Å². The van der Waals surface area contributed by atoms with E-state index in [1.165, 1.54) is 0 Å². The van der Waals surface area contributed by atoms with Gasteiger partial charge in [-0.3, -0.25) is 4.90 Å². The van der Waals surface area contributed by atoms with Crippen molar-refractivity contribution < 1.29 is 9.84 Å². The van der Waals surface area contributed by atoms with Crippen molar-refractivity contribution in [2.45, 2.75) is 20.0 Å². The van der Waals surface area contributed by atoms with Crippen molar-refractivity contribution in [3.8, 4) is 0 Å². The van der Waals surface area contributed by atoms with Crippen LogP contribution >= 0.6 is 0 Å². The zero-order chi connectivity index (χ0) is 14.7. The minimum atomic E-state index is -0.322. The summed E-state index contributed by atoms with van der Waals surface area (Å²) in [7, 11) is 5.84. The monoisotopic (exact) mass is 275 g/mol. The zero-order valence-electron chi connectivity index (χ0n) is 13.4. The Kier molecular flexibility index (Phi) is 11.5. The molecule has 0 aromatic carbocycles. The van der Waals surface area contributed by atoms with Crippen LogP contribution < -0.4 is 5.32 Å². The molecule has 0 amide bonds. The van der Waals surface area contributed by atoms with E-state index in [2.05, 4.69) is 43.1 Å². The Balaban J connectivity index is 3.93. The highest BCUT2D eigenvalue weighted by Gasteiger charge is 2.13. The van der Waals surface area contributed by atoms with Gasteiger partial charge in [-0.2, -0.15) is 0 Å². The number of ether oxygens (including phenoxy) is 1. The molecular weight excluding hydrogens is 242 g/mol. The number of aliphatic hydroxyl groups excluding tert-OH is 1. The average Bonchev–Trinajstić information content (AvgIpc) is 2.31. The minimum Gasteiger partial charge on any atom is -0.390 e. The molecule has 0 aromatic rings. The lowest BCUT2D eigenvalue weighted by atomic mass is 10.2. The molecule has 0 aliphatic carbocycles. The lowest BCUT2D eigenvalue weighted by Crippen LogP contribution is -2.42. The number of hydrogen-bond donors (Lipinski definition) is 2. The molecule has 0 radical (unpaired) electrons. The molecule has 0 spiro atoms. The Morgan fingerprint density at radius 2 is 1.84 bits per heavy atom. The van der Waals surface area contributed by atoms with E-state index < -0.39 is 0 Å². The van der Waals surface area contributed by atoms with Crippen molar-refractivity contribution in [3.63, 3.8) is 0 Å². The quantitative estimate of drug-likeness (QED) is 0.495. The fourth-order valence-corrected chi connectivity index (χ4v) is 1.92. The van der Waals surface area contributed by atoms with Crippen LogP contribution in [0.25, 0.3) is 0 Å². The standard InChI is InChI=1S/C14H33N3O2/c1-13(2)11-17(8-7-16(3)4)12-14(18)10-15-6-9-19-5/h13-15,18H,6-12H2,1-5H3. The van der Waals surface area contributed by atoms with Gasteiger partial charge in [-0.15, -0.1) is 0 Å². The third-order valence-electron chi connectivity index (χ3n) is 2.82. The van der Waals surface area contributed by atoms with E-state index in [1.54, 1.807) is 7.11 Å². The van der Waals surface area contributed by atoms with E-state index in [9.17, 15) is 5.11 Å². The van der Waals surface area contributed by atoms with Gasteiger partial charge in [0.05, 0.1) is 12.7 Å². The third kappa shape index (κ3) is 12.6. The maximum atomic E-state index is 10.0. The first kappa shape index (κ1) is 18.8. The van der Waals surface area contributed by atoms with Crippen molar-refractivity contribution in [3.05, 3.63) is 0 Å². The zero-order valence-corrected chi connectivity index (χ0v) is 13.4. The van der Waals surface area contributed by atoms with E-state index in [0.29, 0.717) is 19.1 Å². The molecule has 5 nitrogen and oxygen atoms in total. The normalized spacial score (nSPS) is 13.7. The maximum Gasteiger partial charge on any atom is 0.0791 e. The summed E-state index contributed by atoms with van der Waals surface area (Å²) in [4.78, 5) is 4.52. The fraction of sp³-hybridized carbons (Fsp3) is 1.00. The molecule has 2 N–H and O–H groups in total. The summed E-state index contributed by atoms with van der Waals surface area (Å²) in [6.07, 6.45) is -0.322. The number of nitrogens with zero attached hydrogens (tertiary/aromatic N) is 2. The highest BCUT2D eigenvalue weighted by molar-refractivity contribution is 4.69. The van der Waals surface area contributed by atoms with Crippen LogP contribution in [0.1, 0.15) is 13.8 Å². The topological polar surface area (TPSA) is 48.0 Å². The van der Waals surface area contributed by atoms with Crippen LogP contribution in [0.5, 0.6) is 0 Å². The predicted molar refractivity (Wildman–Crippen MR) is 80.6 cm³/mol. The van der Waals surface area contributed by atoms with Crippen LogP contribution in [0.3, 0.4) is 0 Å². The summed E-state index contributed by atoms with van der Waals surface area (Å²) in [5, 5.41) is 13.2. The molecule has 0 saturated carbocycles. The summed E-state index contributed by atoms with van der Waals surface area (Å²) in [5.41, 5.74) is 0. The number of methoxy groups -OCH3 is 1. The minimum absolute atomic E-state index is 0.322. The molecule has 0 fully saturated rings. The van der Waals surface area contributed by atoms with Crippen molar-refractivity contribution >= 4 is 0 Å². The first-order chi connectivity index (χ1) is 8.95. The second-order valence-electron chi connectivity index (χ2n) is 5.81. The molecule has 19 heavy (non-hydrogen) atoms. The first-order valence-corrected chi connectivity index (χ1v) is 7.20. The van der Waals surface area contributed by atoms with Gasteiger partial charge >= 0.3 is 0 Å². The van der Waals surface area contributed by atoms with Gasteiger partial charge in [0.1, 0.15) is 0 Å². The lowest BCUT2D eigenvalue weighted by molar-refractivity contribution is 0.0978. The number of nitrogens with one attached hydrogen (secondary N) is 1. The summed E-state index contributed by atoms with van der Waals surface area (Å²) in [6, 6.07) is 0. The van der Waals surface area contributed by atoms with Gasteiger partial charge in [-0.25, -0.2) is 0 Å². The SMILES string of the molecule is COCCNCC(O)CN(CCN(C)C)CC(C)C.